The highest BCUT2D eigenvalue weighted by Gasteiger charge is 2.26. The number of imidazole rings is 1. The molecule has 0 bridgehead atoms. The molecule has 9 nitrogen and oxygen atoms in total. The van der Waals surface area contributed by atoms with Crippen molar-refractivity contribution >= 4 is 21.9 Å². The smallest absolute Gasteiger partial charge is 0.329 e. The van der Waals surface area contributed by atoms with Crippen molar-refractivity contribution in [1.82, 2.24) is 34.1 Å². The number of rotatable bonds is 3. The van der Waals surface area contributed by atoms with Gasteiger partial charge in [-0.3, -0.25) is 23.8 Å². The molecule has 0 saturated heterocycles. The van der Waals surface area contributed by atoms with E-state index in [-0.39, 0.29) is 17.8 Å². The van der Waals surface area contributed by atoms with Crippen LogP contribution in [0.1, 0.15) is 31.7 Å². The molecule has 1 aliphatic rings. The molecule has 0 radical (unpaired) electrons. The molecular formula is C25H25N7O2. The van der Waals surface area contributed by atoms with E-state index >= 15 is 0 Å². The van der Waals surface area contributed by atoms with Crippen LogP contribution >= 0.6 is 0 Å². The van der Waals surface area contributed by atoms with Gasteiger partial charge >= 0.3 is 5.69 Å². The quantitative estimate of drug-likeness (QED) is 0.448. The summed E-state index contributed by atoms with van der Waals surface area (Å²) in [6.45, 7) is 0. The second kappa shape index (κ2) is 7.88. The van der Waals surface area contributed by atoms with Crippen LogP contribution in [-0.2, 0) is 14.1 Å². The van der Waals surface area contributed by atoms with Gasteiger partial charge in [-0.2, -0.15) is 0 Å². The number of pyridine rings is 2. The highest BCUT2D eigenvalue weighted by atomic mass is 16.3. The first-order valence-electron chi connectivity index (χ1n) is 11.5. The number of benzene rings is 1. The Morgan fingerprint density at radius 2 is 1.74 bits per heavy atom. The van der Waals surface area contributed by atoms with E-state index in [9.17, 15) is 9.90 Å². The third-order valence-corrected chi connectivity index (χ3v) is 6.91. The molecular weight excluding hydrogens is 430 g/mol. The molecule has 0 atom stereocenters. The van der Waals surface area contributed by atoms with Crippen LogP contribution < -0.4 is 5.69 Å². The first-order valence-corrected chi connectivity index (χ1v) is 11.5. The van der Waals surface area contributed by atoms with Crippen LogP contribution in [0.15, 0.2) is 53.7 Å². The molecule has 172 valence electrons. The maximum Gasteiger partial charge on any atom is 0.329 e. The minimum atomic E-state index is -0.274. The summed E-state index contributed by atoms with van der Waals surface area (Å²) in [6.07, 6.45) is 8.18. The lowest BCUT2D eigenvalue weighted by atomic mass is 9.92. The van der Waals surface area contributed by atoms with Crippen LogP contribution in [0.5, 0.6) is 0 Å². The number of hydrogen-bond donors (Lipinski definition) is 1. The van der Waals surface area contributed by atoms with Gasteiger partial charge in [-0.15, -0.1) is 5.10 Å². The average Bonchev–Trinajstić information content (AvgIpc) is 3.41. The lowest BCUT2D eigenvalue weighted by Gasteiger charge is -2.26. The molecule has 5 aromatic rings. The van der Waals surface area contributed by atoms with Crippen molar-refractivity contribution in [3.63, 3.8) is 0 Å². The Morgan fingerprint density at radius 3 is 2.44 bits per heavy atom. The van der Waals surface area contributed by atoms with E-state index in [0.29, 0.717) is 12.8 Å². The first kappa shape index (κ1) is 20.7. The van der Waals surface area contributed by atoms with Gasteiger partial charge in [0, 0.05) is 37.3 Å². The molecule has 34 heavy (non-hydrogen) atoms. The van der Waals surface area contributed by atoms with E-state index in [1.807, 2.05) is 48.3 Å². The predicted octanol–water partition coefficient (Wildman–Crippen LogP) is 3.22. The molecule has 4 aromatic heterocycles. The van der Waals surface area contributed by atoms with Crippen molar-refractivity contribution in [3.8, 4) is 22.5 Å². The molecule has 1 saturated carbocycles. The molecule has 0 unspecified atom stereocenters. The summed E-state index contributed by atoms with van der Waals surface area (Å²) in [4.78, 5) is 22.5. The lowest BCUT2D eigenvalue weighted by molar-refractivity contribution is 0.111. The number of aliphatic hydroxyl groups excluding tert-OH is 1. The van der Waals surface area contributed by atoms with Gasteiger partial charge in [-0.25, -0.2) is 4.79 Å². The van der Waals surface area contributed by atoms with Crippen molar-refractivity contribution in [3.05, 3.63) is 59.4 Å². The zero-order valence-corrected chi connectivity index (χ0v) is 19.1. The van der Waals surface area contributed by atoms with E-state index in [1.54, 1.807) is 22.5 Å². The fraction of sp³-hybridized carbons (Fsp3) is 0.320. The van der Waals surface area contributed by atoms with Crippen LogP contribution in [0.3, 0.4) is 0 Å². The summed E-state index contributed by atoms with van der Waals surface area (Å²) >= 11 is 0. The highest BCUT2D eigenvalue weighted by molar-refractivity contribution is 6.04. The molecule has 0 spiro atoms. The Balaban J connectivity index is 1.48. The fourth-order valence-corrected chi connectivity index (χ4v) is 5.04. The van der Waals surface area contributed by atoms with Crippen molar-refractivity contribution in [1.29, 1.82) is 0 Å². The number of fused-ring (bicyclic) bond motifs is 3. The van der Waals surface area contributed by atoms with Gasteiger partial charge < -0.3 is 5.11 Å². The van der Waals surface area contributed by atoms with Gasteiger partial charge in [-0.1, -0.05) is 17.3 Å². The van der Waals surface area contributed by atoms with Gasteiger partial charge in [0.15, 0.2) is 0 Å². The minimum absolute atomic E-state index is 0.0360. The van der Waals surface area contributed by atoms with Gasteiger partial charge in [0.25, 0.3) is 0 Å². The minimum Gasteiger partial charge on any atom is -0.393 e. The number of nitrogens with zero attached hydrogens (tertiary/aromatic N) is 7. The van der Waals surface area contributed by atoms with E-state index in [2.05, 4.69) is 26.3 Å². The second-order valence-electron chi connectivity index (χ2n) is 9.11. The molecule has 4 heterocycles. The summed E-state index contributed by atoms with van der Waals surface area (Å²) in [7, 11) is 3.62. The van der Waals surface area contributed by atoms with E-state index < -0.39 is 0 Å². The number of aliphatic hydroxyl groups is 1. The second-order valence-corrected chi connectivity index (χ2v) is 9.11. The normalized spacial score (nSPS) is 18.7. The average molecular weight is 456 g/mol. The summed E-state index contributed by atoms with van der Waals surface area (Å²) in [5, 5.41) is 19.0. The van der Waals surface area contributed by atoms with E-state index in [0.717, 1.165) is 57.3 Å². The van der Waals surface area contributed by atoms with Gasteiger partial charge in [0.1, 0.15) is 5.69 Å². The van der Waals surface area contributed by atoms with Crippen LogP contribution in [-0.4, -0.2) is 45.3 Å². The Bertz CT molecular complexity index is 1570. The number of aromatic nitrogens is 7. The maximum absolute atomic E-state index is 13.3. The Morgan fingerprint density at radius 1 is 0.941 bits per heavy atom. The summed E-state index contributed by atoms with van der Waals surface area (Å²) in [5.74, 6) is 0. The lowest BCUT2D eigenvalue weighted by Crippen LogP contribution is -2.29. The largest absolute Gasteiger partial charge is 0.393 e. The molecule has 6 rings (SSSR count). The Hall–Kier alpha value is -3.85. The van der Waals surface area contributed by atoms with Crippen molar-refractivity contribution in [2.45, 2.75) is 37.8 Å². The van der Waals surface area contributed by atoms with Gasteiger partial charge in [0.05, 0.1) is 40.7 Å². The molecule has 1 aromatic carbocycles. The summed E-state index contributed by atoms with van der Waals surface area (Å²) < 4.78 is 5.25. The summed E-state index contributed by atoms with van der Waals surface area (Å²) in [5.41, 5.74) is 5.99. The van der Waals surface area contributed by atoms with Crippen molar-refractivity contribution in [2.24, 2.45) is 14.1 Å². The maximum atomic E-state index is 13.3. The zero-order chi connectivity index (χ0) is 23.4. The Kier molecular flexibility index (Phi) is 4.80. The molecule has 0 aliphatic heterocycles. The topological polar surface area (TPSA) is 104 Å². The standard InChI is InChI=1S/C25H25N7O2/c1-30-14-22(28-29-30)21-10-4-16(12-26-21)15-3-9-20-19(11-15)24-23(13-27-20)31(2)25(34)32(24)17-5-7-18(33)8-6-17/h3-4,9-14,17-18,33H,5-8H2,1-2H3. The third-order valence-electron chi connectivity index (χ3n) is 6.91. The van der Waals surface area contributed by atoms with Crippen molar-refractivity contribution in [2.75, 3.05) is 0 Å². The summed E-state index contributed by atoms with van der Waals surface area (Å²) in [6, 6.07) is 10.1. The molecule has 1 fully saturated rings. The monoisotopic (exact) mass is 455 g/mol. The molecule has 9 heteroatoms. The van der Waals surface area contributed by atoms with Crippen molar-refractivity contribution < 1.29 is 5.11 Å². The van der Waals surface area contributed by atoms with Gasteiger partial charge in [0.2, 0.25) is 0 Å². The van der Waals surface area contributed by atoms with Crippen LogP contribution in [0, 0.1) is 0 Å². The molecule has 1 N–H and O–H groups in total. The van der Waals surface area contributed by atoms with Gasteiger partial charge in [-0.05, 0) is 49.4 Å². The highest BCUT2D eigenvalue weighted by Crippen LogP contribution is 2.34. The van der Waals surface area contributed by atoms with E-state index in [4.69, 9.17) is 0 Å². The fourth-order valence-electron chi connectivity index (χ4n) is 5.04. The number of aryl methyl sites for hydroxylation is 2. The molecule has 0 amide bonds. The predicted molar refractivity (Wildman–Crippen MR) is 129 cm³/mol. The SMILES string of the molecule is Cn1cc(-c2ccc(-c3ccc4ncc5c(c4c3)n(C3CCC(O)CC3)c(=O)n5C)cn2)nn1. The third kappa shape index (κ3) is 3.31. The molecule has 1 aliphatic carbocycles. The first-order chi connectivity index (χ1) is 16.5. The van der Waals surface area contributed by atoms with Crippen LogP contribution in [0.25, 0.3) is 44.5 Å². The van der Waals surface area contributed by atoms with Crippen LogP contribution in [0.4, 0.5) is 0 Å². The Labute approximate surface area is 195 Å². The zero-order valence-electron chi connectivity index (χ0n) is 19.1. The number of hydrogen-bond acceptors (Lipinski definition) is 6. The van der Waals surface area contributed by atoms with Crippen LogP contribution in [0.2, 0.25) is 0 Å². The van der Waals surface area contributed by atoms with E-state index in [1.165, 1.54) is 0 Å².